The molecule has 0 atom stereocenters. The van der Waals surface area contributed by atoms with Crippen molar-refractivity contribution in [1.29, 1.82) is 0 Å². The first kappa shape index (κ1) is 15.1. The van der Waals surface area contributed by atoms with E-state index in [9.17, 15) is 4.79 Å². The van der Waals surface area contributed by atoms with Crippen LogP contribution in [0.2, 0.25) is 0 Å². The third kappa shape index (κ3) is 4.95. The SMILES string of the molecule is COc1ccc(CCC(=O)NCCc2cnc(C)[nH]2)cc1. The van der Waals surface area contributed by atoms with Crippen molar-refractivity contribution in [3.05, 3.63) is 47.5 Å². The molecular formula is C16H21N3O2. The highest BCUT2D eigenvalue weighted by molar-refractivity contribution is 5.76. The molecule has 2 N–H and O–H groups in total. The Morgan fingerprint density at radius 2 is 2.05 bits per heavy atom. The van der Waals surface area contributed by atoms with Crippen molar-refractivity contribution in [3.63, 3.8) is 0 Å². The monoisotopic (exact) mass is 287 g/mol. The number of hydrogen-bond acceptors (Lipinski definition) is 3. The highest BCUT2D eigenvalue weighted by Crippen LogP contribution is 2.12. The normalized spacial score (nSPS) is 10.4. The summed E-state index contributed by atoms with van der Waals surface area (Å²) in [5.41, 5.74) is 2.18. The Morgan fingerprint density at radius 1 is 1.29 bits per heavy atom. The summed E-state index contributed by atoms with van der Waals surface area (Å²) in [4.78, 5) is 19.0. The van der Waals surface area contributed by atoms with Crippen molar-refractivity contribution in [3.8, 4) is 5.75 Å². The number of carbonyl (C=O) groups is 1. The van der Waals surface area contributed by atoms with Gasteiger partial charge in [0, 0.05) is 31.3 Å². The summed E-state index contributed by atoms with van der Waals surface area (Å²) in [5.74, 6) is 1.80. The second-order valence-corrected chi connectivity index (χ2v) is 4.94. The zero-order valence-corrected chi connectivity index (χ0v) is 12.5. The Hall–Kier alpha value is -2.30. The molecule has 0 bridgehead atoms. The van der Waals surface area contributed by atoms with Gasteiger partial charge < -0.3 is 15.0 Å². The maximum atomic E-state index is 11.8. The van der Waals surface area contributed by atoms with E-state index in [1.54, 1.807) is 13.3 Å². The van der Waals surface area contributed by atoms with Crippen LogP contribution >= 0.6 is 0 Å². The van der Waals surface area contributed by atoms with Gasteiger partial charge in [-0.3, -0.25) is 4.79 Å². The van der Waals surface area contributed by atoms with E-state index in [1.807, 2.05) is 31.2 Å². The van der Waals surface area contributed by atoms with Crippen molar-refractivity contribution in [2.24, 2.45) is 0 Å². The molecule has 0 saturated carbocycles. The van der Waals surface area contributed by atoms with Gasteiger partial charge in [-0.15, -0.1) is 0 Å². The molecule has 5 heteroatoms. The smallest absolute Gasteiger partial charge is 0.220 e. The molecule has 1 aromatic carbocycles. The van der Waals surface area contributed by atoms with Crippen LogP contribution in [0.1, 0.15) is 23.5 Å². The lowest BCUT2D eigenvalue weighted by atomic mass is 10.1. The molecule has 0 aliphatic heterocycles. The molecule has 112 valence electrons. The van der Waals surface area contributed by atoms with Crippen LogP contribution in [-0.4, -0.2) is 29.5 Å². The Morgan fingerprint density at radius 3 is 2.67 bits per heavy atom. The van der Waals surface area contributed by atoms with E-state index >= 15 is 0 Å². The molecule has 1 heterocycles. The van der Waals surface area contributed by atoms with Crippen LogP contribution in [0, 0.1) is 6.92 Å². The average molecular weight is 287 g/mol. The summed E-state index contributed by atoms with van der Waals surface area (Å²) >= 11 is 0. The van der Waals surface area contributed by atoms with Gasteiger partial charge in [0.05, 0.1) is 7.11 Å². The molecule has 5 nitrogen and oxygen atoms in total. The van der Waals surface area contributed by atoms with E-state index in [2.05, 4.69) is 15.3 Å². The minimum Gasteiger partial charge on any atom is -0.497 e. The number of benzene rings is 1. The van der Waals surface area contributed by atoms with E-state index < -0.39 is 0 Å². The molecule has 1 aromatic heterocycles. The number of amides is 1. The number of hydrogen-bond donors (Lipinski definition) is 2. The highest BCUT2D eigenvalue weighted by Gasteiger charge is 2.03. The third-order valence-corrected chi connectivity index (χ3v) is 3.27. The van der Waals surface area contributed by atoms with Crippen LogP contribution in [-0.2, 0) is 17.6 Å². The molecule has 0 unspecified atom stereocenters. The van der Waals surface area contributed by atoms with Crippen LogP contribution in [0.15, 0.2) is 30.5 Å². The largest absolute Gasteiger partial charge is 0.497 e. The summed E-state index contributed by atoms with van der Waals surface area (Å²) in [5, 5.41) is 2.92. The fourth-order valence-corrected chi connectivity index (χ4v) is 2.07. The summed E-state index contributed by atoms with van der Waals surface area (Å²) in [7, 11) is 1.64. The Kier molecular flexibility index (Phi) is 5.37. The van der Waals surface area contributed by atoms with Crippen molar-refractivity contribution < 1.29 is 9.53 Å². The van der Waals surface area contributed by atoms with Crippen molar-refractivity contribution >= 4 is 5.91 Å². The molecule has 1 amide bonds. The van der Waals surface area contributed by atoms with Gasteiger partial charge in [-0.25, -0.2) is 4.98 Å². The quantitative estimate of drug-likeness (QED) is 0.818. The second-order valence-electron chi connectivity index (χ2n) is 4.94. The molecule has 0 saturated heterocycles. The first-order valence-electron chi connectivity index (χ1n) is 7.07. The van der Waals surface area contributed by atoms with Gasteiger partial charge in [0.2, 0.25) is 5.91 Å². The number of nitrogens with one attached hydrogen (secondary N) is 2. The number of aromatic nitrogens is 2. The molecule has 2 aromatic rings. The molecule has 0 radical (unpaired) electrons. The molecule has 2 rings (SSSR count). The minimum absolute atomic E-state index is 0.0713. The van der Waals surface area contributed by atoms with Gasteiger partial charge in [0.25, 0.3) is 0 Å². The number of rotatable bonds is 7. The lowest BCUT2D eigenvalue weighted by Gasteiger charge is -2.05. The molecule has 0 aliphatic carbocycles. The number of H-pyrrole nitrogens is 1. The van der Waals surface area contributed by atoms with Gasteiger partial charge in [-0.05, 0) is 31.0 Å². The molecule has 0 spiro atoms. The van der Waals surface area contributed by atoms with Crippen LogP contribution < -0.4 is 10.1 Å². The molecule has 0 fully saturated rings. The predicted molar refractivity (Wildman–Crippen MR) is 81.4 cm³/mol. The fraction of sp³-hybridized carbons (Fsp3) is 0.375. The first-order chi connectivity index (χ1) is 10.2. The lowest BCUT2D eigenvalue weighted by molar-refractivity contribution is -0.121. The zero-order chi connectivity index (χ0) is 15.1. The Labute approximate surface area is 124 Å². The average Bonchev–Trinajstić information content (AvgIpc) is 2.91. The van der Waals surface area contributed by atoms with E-state index in [0.29, 0.717) is 13.0 Å². The zero-order valence-electron chi connectivity index (χ0n) is 12.5. The molecule has 21 heavy (non-hydrogen) atoms. The van der Waals surface area contributed by atoms with Gasteiger partial charge in [-0.2, -0.15) is 0 Å². The summed E-state index contributed by atoms with van der Waals surface area (Å²) < 4.78 is 5.10. The van der Waals surface area contributed by atoms with Crippen LogP contribution in [0.3, 0.4) is 0 Å². The van der Waals surface area contributed by atoms with E-state index in [1.165, 1.54) is 0 Å². The summed E-state index contributed by atoms with van der Waals surface area (Å²) in [6.07, 6.45) is 3.81. The Balaban J connectivity index is 1.67. The topological polar surface area (TPSA) is 67.0 Å². The summed E-state index contributed by atoms with van der Waals surface area (Å²) in [6.45, 7) is 2.54. The predicted octanol–water partition coefficient (Wildman–Crippen LogP) is 2.02. The van der Waals surface area contributed by atoms with Crippen LogP contribution in [0.4, 0.5) is 0 Å². The van der Waals surface area contributed by atoms with Crippen molar-refractivity contribution in [1.82, 2.24) is 15.3 Å². The highest BCUT2D eigenvalue weighted by atomic mass is 16.5. The number of aromatic amines is 1. The van der Waals surface area contributed by atoms with Crippen LogP contribution in [0.25, 0.3) is 0 Å². The molecular weight excluding hydrogens is 266 g/mol. The van der Waals surface area contributed by atoms with Crippen LogP contribution in [0.5, 0.6) is 5.75 Å². The maximum Gasteiger partial charge on any atom is 0.220 e. The van der Waals surface area contributed by atoms with Crippen molar-refractivity contribution in [2.45, 2.75) is 26.2 Å². The summed E-state index contributed by atoms with van der Waals surface area (Å²) in [6, 6.07) is 7.79. The minimum atomic E-state index is 0.0713. The van der Waals surface area contributed by atoms with Gasteiger partial charge in [-0.1, -0.05) is 12.1 Å². The van der Waals surface area contributed by atoms with E-state index in [4.69, 9.17) is 4.74 Å². The number of nitrogens with zero attached hydrogens (tertiary/aromatic N) is 1. The lowest BCUT2D eigenvalue weighted by Crippen LogP contribution is -2.25. The first-order valence-corrected chi connectivity index (χ1v) is 7.07. The number of methoxy groups -OCH3 is 1. The maximum absolute atomic E-state index is 11.8. The number of carbonyl (C=O) groups excluding carboxylic acids is 1. The second kappa shape index (κ2) is 7.47. The van der Waals surface area contributed by atoms with Crippen molar-refractivity contribution in [2.75, 3.05) is 13.7 Å². The number of ether oxygens (including phenoxy) is 1. The fourth-order valence-electron chi connectivity index (χ4n) is 2.07. The number of imidazole rings is 1. The van der Waals surface area contributed by atoms with Gasteiger partial charge in [0.15, 0.2) is 0 Å². The third-order valence-electron chi connectivity index (χ3n) is 3.27. The Bertz CT molecular complexity index is 575. The standard InChI is InChI=1S/C16H21N3O2/c1-12-18-11-14(19-12)9-10-17-16(20)8-5-13-3-6-15(21-2)7-4-13/h3-4,6-7,11H,5,8-10H2,1-2H3,(H,17,20)(H,18,19). The van der Waals surface area contributed by atoms with Gasteiger partial charge in [0.1, 0.15) is 11.6 Å². The van der Waals surface area contributed by atoms with Gasteiger partial charge >= 0.3 is 0 Å². The van der Waals surface area contributed by atoms with E-state index in [-0.39, 0.29) is 5.91 Å². The van der Waals surface area contributed by atoms with E-state index in [0.717, 1.165) is 35.7 Å². The number of aryl methyl sites for hydroxylation is 2. The molecule has 0 aliphatic rings.